The number of hydrogen-bond donors (Lipinski definition) is 0. The third kappa shape index (κ3) is 0.977. The number of benzene rings is 1. The van der Waals surface area contributed by atoms with Gasteiger partial charge in [0.25, 0.3) is 0 Å². The molecule has 0 aromatic heterocycles. The van der Waals surface area contributed by atoms with Crippen molar-refractivity contribution in [2.45, 2.75) is 29.5 Å². The van der Waals surface area contributed by atoms with Crippen molar-refractivity contribution in [3.63, 3.8) is 0 Å². The van der Waals surface area contributed by atoms with Gasteiger partial charge in [0.2, 0.25) is 0 Å². The van der Waals surface area contributed by atoms with Crippen molar-refractivity contribution >= 4 is 22.2 Å². The average molecular weight is 251 g/mol. The molecule has 0 N–H and O–H groups in total. The van der Waals surface area contributed by atoms with Gasteiger partial charge in [0.15, 0.2) is 0 Å². The van der Waals surface area contributed by atoms with Crippen LogP contribution in [-0.4, -0.2) is 6.29 Å². The molecular formula is C12H11BrO. The molecule has 0 spiro atoms. The molecule has 72 valence electrons. The summed E-state index contributed by atoms with van der Waals surface area (Å²) >= 11 is 3.84. The maximum atomic E-state index is 10.7. The second-order valence-electron chi connectivity index (χ2n) is 4.37. The Hall–Kier alpha value is -0.630. The minimum Gasteiger partial charge on any atom is -0.298 e. The summed E-state index contributed by atoms with van der Waals surface area (Å²) in [6.07, 6.45) is 4.66. The first-order valence-corrected chi connectivity index (χ1v) is 5.81. The van der Waals surface area contributed by atoms with Crippen LogP contribution < -0.4 is 0 Å². The second kappa shape index (κ2) is 2.69. The lowest BCUT2D eigenvalue weighted by atomic mass is 9.90. The zero-order chi connectivity index (χ0) is 9.76. The Bertz CT molecular complexity index is 413. The molecule has 0 heterocycles. The molecule has 2 aliphatic rings. The number of fused-ring (bicyclic) bond motifs is 5. The molecule has 0 radical (unpaired) electrons. The first-order valence-electron chi connectivity index (χ1n) is 5.01. The fourth-order valence-electron chi connectivity index (χ4n) is 2.91. The highest BCUT2D eigenvalue weighted by Gasteiger charge is 2.47. The third-order valence-electron chi connectivity index (χ3n) is 3.59. The monoisotopic (exact) mass is 250 g/mol. The van der Waals surface area contributed by atoms with Crippen LogP contribution in [0, 0.1) is 0 Å². The van der Waals surface area contributed by atoms with Crippen molar-refractivity contribution in [1.82, 2.24) is 0 Å². The van der Waals surface area contributed by atoms with Crippen molar-refractivity contribution in [2.75, 3.05) is 0 Å². The van der Waals surface area contributed by atoms with E-state index in [0.29, 0.717) is 5.92 Å². The summed E-state index contributed by atoms with van der Waals surface area (Å²) in [7, 11) is 0. The molecule has 2 bridgehead atoms. The van der Waals surface area contributed by atoms with Crippen molar-refractivity contribution < 1.29 is 4.79 Å². The molecule has 1 nitrogen and oxygen atoms in total. The molecule has 0 saturated heterocycles. The van der Waals surface area contributed by atoms with E-state index in [1.807, 2.05) is 6.07 Å². The largest absolute Gasteiger partial charge is 0.298 e. The number of alkyl halides is 1. The van der Waals surface area contributed by atoms with Gasteiger partial charge in [-0.1, -0.05) is 28.1 Å². The smallest absolute Gasteiger partial charge is 0.150 e. The molecule has 0 aliphatic heterocycles. The number of carbonyl (C=O) groups excluding carboxylic acids is 1. The quantitative estimate of drug-likeness (QED) is 0.552. The van der Waals surface area contributed by atoms with E-state index in [0.717, 1.165) is 11.8 Å². The van der Waals surface area contributed by atoms with E-state index in [1.165, 1.54) is 30.4 Å². The van der Waals surface area contributed by atoms with Gasteiger partial charge in [-0.15, -0.1) is 0 Å². The highest BCUT2D eigenvalue weighted by atomic mass is 79.9. The summed E-state index contributed by atoms with van der Waals surface area (Å²) in [4.78, 5) is 10.7. The fraction of sp³-hybridized carbons (Fsp3) is 0.417. The Labute approximate surface area is 91.6 Å². The van der Waals surface area contributed by atoms with Gasteiger partial charge in [-0.05, 0) is 42.4 Å². The van der Waals surface area contributed by atoms with Crippen LogP contribution in [-0.2, 0) is 4.32 Å². The summed E-state index contributed by atoms with van der Waals surface area (Å²) in [5.41, 5.74) is 3.63. The Morgan fingerprint density at radius 3 is 3.14 bits per heavy atom. The molecule has 1 aromatic rings. The van der Waals surface area contributed by atoms with Gasteiger partial charge in [0, 0.05) is 5.56 Å². The van der Waals surface area contributed by atoms with Crippen LogP contribution >= 0.6 is 15.9 Å². The normalized spacial score (nSPS) is 33.1. The molecule has 1 fully saturated rings. The lowest BCUT2D eigenvalue weighted by Crippen LogP contribution is -2.11. The van der Waals surface area contributed by atoms with Crippen LogP contribution in [0.2, 0.25) is 0 Å². The van der Waals surface area contributed by atoms with Gasteiger partial charge >= 0.3 is 0 Å². The van der Waals surface area contributed by atoms with E-state index in [1.54, 1.807) is 0 Å². The number of hydrogen-bond acceptors (Lipinski definition) is 1. The molecular weight excluding hydrogens is 240 g/mol. The van der Waals surface area contributed by atoms with Crippen LogP contribution in [0.4, 0.5) is 0 Å². The second-order valence-corrected chi connectivity index (χ2v) is 5.89. The van der Waals surface area contributed by atoms with Gasteiger partial charge in [-0.25, -0.2) is 0 Å². The topological polar surface area (TPSA) is 17.1 Å². The van der Waals surface area contributed by atoms with Crippen molar-refractivity contribution in [3.8, 4) is 0 Å². The van der Waals surface area contributed by atoms with Gasteiger partial charge in [0.1, 0.15) is 6.29 Å². The van der Waals surface area contributed by atoms with Crippen molar-refractivity contribution in [1.29, 1.82) is 0 Å². The zero-order valence-corrected chi connectivity index (χ0v) is 9.38. The average Bonchev–Trinajstić information content (AvgIpc) is 2.72. The van der Waals surface area contributed by atoms with Crippen molar-refractivity contribution in [3.05, 3.63) is 34.9 Å². The summed E-state index contributed by atoms with van der Waals surface area (Å²) < 4.78 is 0.231. The number of aldehydes is 1. The SMILES string of the molecule is O=Cc1ccc2c(c1)C1CCC2(Br)C1. The van der Waals surface area contributed by atoms with E-state index in [9.17, 15) is 4.79 Å². The lowest BCUT2D eigenvalue weighted by Gasteiger charge is -2.22. The van der Waals surface area contributed by atoms with Gasteiger partial charge < -0.3 is 0 Å². The van der Waals surface area contributed by atoms with Gasteiger partial charge in [0.05, 0.1) is 4.32 Å². The predicted octanol–water partition coefficient (Wildman–Crippen LogP) is 3.37. The van der Waals surface area contributed by atoms with E-state index in [4.69, 9.17) is 0 Å². The predicted molar refractivity (Wildman–Crippen MR) is 59.0 cm³/mol. The van der Waals surface area contributed by atoms with Crippen LogP contribution in [0.15, 0.2) is 18.2 Å². The van der Waals surface area contributed by atoms with Crippen molar-refractivity contribution in [2.24, 2.45) is 0 Å². The molecule has 1 saturated carbocycles. The molecule has 3 rings (SSSR count). The minimum atomic E-state index is 0.231. The Kier molecular flexibility index (Phi) is 1.67. The molecule has 0 amide bonds. The minimum absolute atomic E-state index is 0.231. The number of halogens is 1. The van der Waals surface area contributed by atoms with Crippen LogP contribution in [0.3, 0.4) is 0 Å². The van der Waals surface area contributed by atoms with Gasteiger partial charge in [-0.3, -0.25) is 4.79 Å². The summed E-state index contributed by atoms with van der Waals surface area (Å²) in [5, 5.41) is 0. The highest BCUT2D eigenvalue weighted by molar-refractivity contribution is 9.09. The van der Waals surface area contributed by atoms with Crippen LogP contribution in [0.5, 0.6) is 0 Å². The highest BCUT2D eigenvalue weighted by Crippen LogP contribution is 2.60. The molecule has 2 atom stereocenters. The standard InChI is InChI=1S/C12H11BrO/c13-12-4-3-9(6-12)10-5-8(7-14)1-2-11(10)12/h1-2,5,7,9H,3-4,6H2. The number of rotatable bonds is 1. The molecule has 1 aromatic carbocycles. The number of carbonyl (C=O) groups is 1. The van der Waals surface area contributed by atoms with E-state index >= 15 is 0 Å². The first-order chi connectivity index (χ1) is 6.73. The summed E-state index contributed by atoms with van der Waals surface area (Å²) in [6, 6.07) is 6.11. The van der Waals surface area contributed by atoms with E-state index < -0.39 is 0 Å². The molecule has 2 aliphatic carbocycles. The van der Waals surface area contributed by atoms with Crippen LogP contribution in [0.25, 0.3) is 0 Å². The van der Waals surface area contributed by atoms with Crippen LogP contribution in [0.1, 0.15) is 46.7 Å². The summed E-state index contributed by atoms with van der Waals surface area (Å²) in [6.45, 7) is 0. The summed E-state index contributed by atoms with van der Waals surface area (Å²) in [5.74, 6) is 0.685. The van der Waals surface area contributed by atoms with Gasteiger partial charge in [-0.2, -0.15) is 0 Å². The van der Waals surface area contributed by atoms with E-state index in [2.05, 4.69) is 28.1 Å². The Morgan fingerprint density at radius 2 is 2.36 bits per heavy atom. The fourth-order valence-corrected chi connectivity index (χ4v) is 3.89. The Balaban J connectivity index is 2.20. The third-order valence-corrected chi connectivity index (χ3v) is 4.74. The maximum absolute atomic E-state index is 10.7. The zero-order valence-electron chi connectivity index (χ0n) is 7.79. The molecule has 14 heavy (non-hydrogen) atoms. The maximum Gasteiger partial charge on any atom is 0.150 e. The Morgan fingerprint density at radius 1 is 1.50 bits per heavy atom. The molecule has 2 heteroatoms. The lowest BCUT2D eigenvalue weighted by molar-refractivity contribution is 0.112. The van der Waals surface area contributed by atoms with E-state index in [-0.39, 0.29) is 4.32 Å². The first kappa shape index (κ1) is 8.66. The molecule has 2 unspecified atom stereocenters.